The summed E-state index contributed by atoms with van der Waals surface area (Å²) < 4.78 is 11.8. The van der Waals surface area contributed by atoms with Crippen LogP contribution in [0.5, 0.6) is 0 Å². The van der Waals surface area contributed by atoms with Gasteiger partial charge in [0.15, 0.2) is 0 Å². The van der Waals surface area contributed by atoms with Crippen LogP contribution in [0.3, 0.4) is 0 Å². The Hall–Kier alpha value is -1.93. The first-order chi connectivity index (χ1) is 16.3. The number of carbonyl (C=O) groups excluding carboxylic acids is 3. The van der Waals surface area contributed by atoms with Crippen LogP contribution in [0.15, 0.2) is 12.7 Å². The van der Waals surface area contributed by atoms with E-state index >= 15 is 0 Å². The van der Waals surface area contributed by atoms with Crippen molar-refractivity contribution in [2.24, 2.45) is 17.8 Å². The molecule has 34 heavy (non-hydrogen) atoms. The number of likely N-dealkylation sites (tertiary alicyclic amines) is 1. The molecular formula is C26H40N2O6. The molecule has 1 aliphatic carbocycles. The molecular weight excluding hydrogens is 436 g/mol. The highest BCUT2D eigenvalue weighted by Crippen LogP contribution is 2.59. The lowest BCUT2D eigenvalue weighted by Gasteiger charge is -2.43. The van der Waals surface area contributed by atoms with E-state index in [0.29, 0.717) is 19.4 Å². The van der Waals surface area contributed by atoms with E-state index in [2.05, 4.69) is 6.58 Å². The van der Waals surface area contributed by atoms with Gasteiger partial charge in [-0.3, -0.25) is 14.4 Å². The Kier molecular flexibility index (Phi) is 7.38. The van der Waals surface area contributed by atoms with Gasteiger partial charge in [-0.15, -0.1) is 6.58 Å². The summed E-state index contributed by atoms with van der Waals surface area (Å²) in [4.78, 5) is 44.7. The number of nitrogens with zero attached hydrogens (tertiary/aromatic N) is 2. The van der Waals surface area contributed by atoms with Gasteiger partial charge >= 0.3 is 5.97 Å². The number of aliphatic hydroxyl groups is 1. The smallest absolute Gasteiger partial charge is 0.312 e. The predicted molar refractivity (Wildman–Crippen MR) is 126 cm³/mol. The lowest BCUT2D eigenvalue weighted by molar-refractivity contribution is -0.157. The summed E-state index contributed by atoms with van der Waals surface area (Å²) in [6.07, 6.45) is 7.64. The van der Waals surface area contributed by atoms with Crippen molar-refractivity contribution in [2.75, 3.05) is 19.8 Å². The average molecular weight is 477 g/mol. The summed E-state index contributed by atoms with van der Waals surface area (Å²) in [6.45, 7) is 9.87. The third kappa shape index (κ3) is 3.87. The molecule has 0 radical (unpaired) electrons. The summed E-state index contributed by atoms with van der Waals surface area (Å²) in [5.41, 5.74) is -1.06. The number of hydrogen-bond donors (Lipinski definition) is 1. The molecule has 8 nitrogen and oxygen atoms in total. The number of amides is 2. The van der Waals surface area contributed by atoms with Crippen molar-refractivity contribution in [3.8, 4) is 0 Å². The largest absolute Gasteiger partial charge is 0.466 e. The first-order valence-electron chi connectivity index (χ1n) is 13.0. The Morgan fingerprint density at radius 3 is 2.59 bits per heavy atom. The molecule has 4 aliphatic rings. The maximum absolute atomic E-state index is 14.4. The number of rotatable bonds is 9. The van der Waals surface area contributed by atoms with E-state index in [4.69, 9.17) is 9.47 Å². The van der Waals surface area contributed by atoms with E-state index in [9.17, 15) is 19.5 Å². The molecule has 0 aromatic carbocycles. The van der Waals surface area contributed by atoms with Crippen LogP contribution < -0.4 is 0 Å². The van der Waals surface area contributed by atoms with Gasteiger partial charge in [0.25, 0.3) is 0 Å². The molecule has 3 aliphatic heterocycles. The van der Waals surface area contributed by atoms with Crippen LogP contribution in [0.25, 0.3) is 0 Å². The highest BCUT2D eigenvalue weighted by molar-refractivity contribution is 5.98. The van der Waals surface area contributed by atoms with Gasteiger partial charge in [0, 0.05) is 12.6 Å². The molecule has 3 saturated heterocycles. The highest BCUT2D eigenvalue weighted by Gasteiger charge is 2.75. The minimum atomic E-state index is -1.06. The monoisotopic (exact) mass is 476 g/mol. The third-order valence-corrected chi connectivity index (χ3v) is 8.47. The fourth-order valence-electron chi connectivity index (χ4n) is 6.96. The summed E-state index contributed by atoms with van der Waals surface area (Å²) in [5.74, 6) is -2.39. The highest BCUT2D eigenvalue weighted by atomic mass is 16.6. The molecule has 3 heterocycles. The molecule has 1 N–H and O–H groups in total. The number of hydrogen-bond acceptors (Lipinski definition) is 6. The Balaban J connectivity index is 1.77. The van der Waals surface area contributed by atoms with Crippen LogP contribution in [0.2, 0.25) is 0 Å². The van der Waals surface area contributed by atoms with Crippen molar-refractivity contribution >= 4 is 17.8 Å². The molecule has 2 bridgehead atoms. The van der Waals surface area contributed by atoms with Gasteiger partial charge < -0.3 is 24.4 Å². The van der Waals surface area contributed by atoms with Gasteiger partial charge in [-0.25, -0.2) is 0 Å². The zero-order chi connectivity index (χ0) is 24.6. The van der Waals surface area contributed by atoms with E-state index < -0.39 is 41.6 Å². The van der Waals surface area contributed by atoms with E-state index in [1.54, 1.807) is 17.9 Å². The van der Waals surface area contributed by atoms with Crippen LogP contribution in [-0.2, 0) is 23.9 Å². The molecule has 4 fully saturated rings. The summed E-state index contributed by atoms with van der Waals surface area (Å²) in [7, 11) is 0. The van der Waals surface area contributed by atoms with Gasteiger partial charge in [0.05, 0.1) is 37.2 Å². The Labute approximate surface area is 202 Å². The first-order valence-corrected chi connectivity index (χ1v) is 13.0. The minimum Gasteiger partial charge on any atom is -0.466 e. The fraction of sp³-hybridized carbons (Fsp3) is 0.808. The zero-order valence-electron chi connectivity index (χ0n) is 20.8. The first kappa shape index (κ1) is 25.2. The fourth-order valence-corrected chi connectivity index (χ4v) is 6.96. The molecule has 2 amide bonds. The van der Waals surface area contributed by atoms with Gasteiger partial charge in [-0.05, 0) is 38.5 Å². The number of ether oxygens (including phenoxy) is 2. The second-order valence-electron chi connectivity index (χ2n) is 10.6. The summed E-state index contributed by atoms with van der Waals surface area (Å²) >= 11 is 0. The molecule has 6 atom stereocenters. The molecule has 0 aromatic rings. The van der Waals surface area contributed by atoms with Crippen LogP contribution in [0, 0.1) is 17.8 Å². The van der Waals surface area contributed by atoms with E-state index in [1.165, 1.54) is 6.42 Å². The van der Waals surface area contributed by atoms with Gasteiger partial charge in [0.2, 0.25) is 11.8 Å². The second kappa shape index (κ2) is 9.97. The maximum Gasteiger partial charge on any atom is 0.312 e. The minimum absolute atomic E-state index is 0.0692. The number of fused-ring (bicyclic) bond motifs is 1. The van der Waals surface area contributed by atoms with Crippen molar-refractivity contribution in [1.82, 2.24) is 9.80 Å². The summed E-state index contributed by atoms with van der Waals surface area (Å²) in [5, 5.41) is 10.3. The van der Waals surface area contributed by atoms with Crippen molar-refractivity contribution in [3.05, 3.63) is 12.7 Å². The molecule has 8 heteroatoms. The summed E-state index contributed by atoms with van der Waals surface area (Å²) in [6, 6.07) is -1.31. The van der Waals surface area contributed by atoms with Crippen molar-refractivity contribution in [1.29, 1.82) is 0 Å². The Morgan fingerprint density at radius 1 is 1.29 bits per heavy atom. The quantitative estimate of drug-likeness (QED) is 0.405. The maximum atomic E-state index is 14.4. The van der Waals surface area contributed by atoms with Gasteiger partial charge in [-0.2, -0.15) is 0 Å². The van der Waals surface area contributed by atoms with E-state index in [1.807, 2.05) is 18.7 Å². The number of aliphatic hydroxyl groups excluding tert-OH is 1. The Bertz CT molecular complexity index is 809. The molecule has 190 valence electrons. The van der Waals surface area contributed by atoms with Crippen LogP contribution >= 0.6 is 0 Å². The van der Waals surface area contributed by atoms with Crippen LogP contribution in [0.4, 0.5) is 0 Å². The SMILES string of the molecule is C=CCN(C(=O)C1N([C@@H](CO)C(C)C)C(=O)[C@@H]2[C@H](C(=O)OCC)[C@@H]3CCC12O3)C1CCCCC1. The van der Waals surface area contributed by atoms with Gasteiger partial charge in [-0.1, -0.05) is 39.2 Å². The van der Waals surface area contributed by atoms with E-state index in [-0.39, 0.29) is 37.0 Å². The second-order valence-corrected chi connectivity index (χ2v) is 10.6. The van der Waals surface area contributed by atoms with Crippen LogP contribution in [-0.4, -0.2) is 82.3 Å². The molecule has 4 rings (SSSR count). The van der Waals surface area contributed by atoms with Crippen molar-refractivity contribution < 1.29 is 29.0 Å². The predicted octanol–water partition coefficient (Wildman–Crippen LogP) is 2.29. The zero-order valence-corrected chi connectivity index (χ0v) is 20.8. The number of carbonyl (C=O) groups is 3. The number of esters is 1. The lowest BCUT2D eigenvalue weighted by atomic mass is 9.70. The van der Waals surface area contributed by atoms with Gasteiger partial charge in [0.1, 0.15) is 11.6 Å². The molecule has 1 saturated carbocycles. The molecule has 2 unspecified atom stereocenters. The average Bonchev–Trinajstić information content (AvgIpc) is 3.46. The van der Waals surface area contributed by atoms with Crippen molar-refractivity contribution in [3.63, 3.8) is 0 Å². The third-order valence-electron chi connectivity index (χ3n) is 8.47. The van der Waals surface area contributed by atoms with Crippen molar-refractivity contribution in [2.45, 2.75) is 95.5 Å². The topological polar surface area (TPSA) is 96.4 Å². The molecule has 1 spiro atoms. The lowest BCUT2D eigenvalue weighted by Crippen LogP contribution is -2.61. The normalized spacial score (nSPS) is 33.8. The molecule has 0 aromatic heterocycles. The standard InChI is InChI=1S/C26H40N2O6/c1-5-14-27(17-10-8-7-9-11-17)24(31)22-26-13-12-19(34-26)20(25(32)33-6-2)21(26)23(30)28(22)18(15-29)16(3)4/h5,16-22,29H,1,6-15H2,2-4H3/t18-,19-,20+,21-,22?,26?/m0/s1. The Morgan fingerprint density at radius 2 is 2.00 bits per heavy atom. The van der Waals surface area contributed by atoms with E-state index in [0.717, 1.165) is 25.7 Å². The van der Waals surface area contributed by atoms with Crippen LogP contribution in [0.1, 0.15) is 65.7 Å².